The molecule has 0 radical (unpaired) electrons. The lowest BCUT2D eigenvalue weighted by molar-refractivity contribution is -0.384. The minimum Gasteiger partial charge on any atom is -0.468 e. The molecule has 4 aliphatic heterocycles. The normalized spacial score (nSPS) is 27.3. The maximum Gasteiger partial charge on any atom is 0.293 e. The largest absolute Gasteiger partial charge is 0.468 e. The summed E-state index contributed by atoms with van der Waals surface area (Å²) in [7, 11) is -4.63. The number of amides is 1. The number of aromatic amines is 1. The van der Waals surface area contributed by atoms with Crippen molar-refractivity contribution in [3.05, 3.63) is 106 Å². The summed E-state index contributed by atoms with van der Waals surface area (Å²) >= 11 is 0. The van der Waals surface area contributed by atoms with E-state index in [0.29, 0.717) is 80.4 Å². The van der Waals surface area contributed by atoms with Crippen LogP contribution in [0, 0.1) is 21.4 Å². The number of aromatic nitrogens is 2. The number of fused-ring (bicyclic) bond motifs is 3. The number of anilines is 4. The van der Waals surface area contributed by atoms with E-state index in [9.17, 15) is 33.5 Å². The molecule has 3 aromatic carbocycles. The molecule has 18 heteroatoms. The lowest BCUT2D eigenvalue weighted by Gasteiger charge is -2.59. The van der Waals surface area contributed by atoms with Crippen LogP contribution in [-0.2, 0) is 14.8 Å². The van der Waals surface area contributed by atoms with Crippen LogP contribution in [0.15, 0.2) is 83.9 Å². The average Bonchev–Trinajstić information content (AvgIpc) is 3.83. The van der Waals surface area contributed by atoms with Crippen molar-refractivity contribution in [1.82, 2.24) is 19.6 Å². The molecule has 6 aliphatic rings. The fourth-order valence-electron chi connectivity index (χ4n) is 13.1. The molecule has 3 saturated heterocycles. The van der Waals surface area contributed by atoms with Crippen molar-refractivity contribution in [3.63, 3.8) is 0 Å². The van der Waals surface area contributed by atoms with Crippen LogP contribution in [0.3, 0.4) is 0 Å². The van der Waals surface area contributed by atoms with Gasteiger partial charge in [-0.3, -0.25) is 19.8 Å². The van der Waals surface area contributed by atoms with Crippen LogP contribution in [0.1, 0.15) is 132 Å². The summed E-state index contributed by atoms with van der Waals surface area (Å²) in [6.45, 7) is 11.7. The zero-order chi connectivity index (χ0) is 51.7. The highest BCUT2D eigenvalue weighted by molar-refractivity contribution is 7.90. The van der Waals surface area contributed by atoms with Gasteiger partial charge in [0.05, 0.1) is 44.9 Å². The van der Waals surface area contributed by atoms with Gasteiger partial charge >= 0.3 is 0 Å². The van der Waals surface area contributed by atoms with Gasteiger partial charge in [0.2, 0.25) is 5.88 Å². The number of rotatable bonds is 12. The maximum absolute atomic E-state index is 14.7. The van der Waals surface area contributed by atoms with Crippen LogP contribution < -0.4 is 24.6 Å². The molecule has 1 spiro atoms. The van der Waals surface area contributed by atoms with Gasteiger partial charge in [-0.2, -0.15) is 4.98 Å². The molecule has 0 bridgehead atoms. The highest BCUT2D eigenvalue weighted by atomic mass is 32.2. The Morgan fingerprint density at radius 3 is 2.45 bits per heavy atom. The quantitative estimate of drug-likeness (QED) is 0.0582. The summed E-state index contributed by atoms with van der Waals surface area (Å²) < 4.78 is 43.1. The number of carbonyl (C=O) groups excluding carboxylic acids is 1. The Bertz CT molecular complexity index is 3040. The van der Waals surface area contributed by atoms with Gasteiger partial charge in [0.15, 0.2) is 0 Å². The van der Waals surface area contributed by atoms with Crippen molar-refractivity contribution in [2.24, 2.45) is 11.3 Å². The van der Waals surface area contributed by atoms with Crippen LogP contribution in [0.4, 0.5) is 28.4 Å². The van der Waals surface area contributed by atoms with E-state index in [-0.39, 0.29) is 34.7 Å². The molecule has 74 heavy (non-hydrogen) atoms. The van der Waals surface area contributed by atoms with Gasteiger partial charge in [0, 0.05) is 68.2 Å². The summed E-state index contributed by atoms with van der Waals surface area (Å²) in [5.41, 5.74) is 3.99. The summed E-state index contributed by atoms with van der Waals surface area (Å²) in [5.74, 6) is 0.0679. The molecule has 6 heterocycles. The number of hydrogen-bond donors (Lipinski definition) is 5. The van der Waals surface area contributed by atoms with Crippen molar-refractivity contribution < 1.29 is 37.8 Å². The molecule has 11 rings (SSSR count). The molecule has 0 unspecified atom stereocenters. The van der Waals surface area contributed by atoms with Gasteiger partial charge in [-0.25, -0.2) is 13.1 Å². The van der Waals surface area contributed by atoms with Gasteiger partial charge in [0.1, 0.15) is 23.1 Å². The first-order chi connectivity index (χ1) is 35.3. The molecular weight excluding hydrogens is 961 g/mol. The number of nitro groups is 1. The summed E-state index contributed by atoms with van der Waals surface area (Å²) in [6.07, 6.45) is 10.5. The number of nitrogens with one attached hydrogen (secondary N) is 3. The first kappa shape index (κ1) is 50.4. The predicted octanol–water partition coefficient (Wildman–Crippen LogP) is 9.09. The number of β-amino-alcohol motifs (C(OH)–C–C–N with tert-alkyl or cyclic N) is 1. The number of aliphatic hydroxyl groups is 2. The van der Waals surface area contributed by atoms with Crippen LogP contribution in [-0.4, -0.2) is 113 Å². The zero-order valence-corrected chi connectivity index (χ0v) is 43.7. The lowest BCUT2D eigenvalue weighted by Crippen LogP contribution is -2.60. The SMILES string of the molecule is CC(C)c1ccccc1[C@@H]1CC[C@](C)(O)CN1C1CC2(CCN(c3ccc(C(=O)NS(=O)(=O)c4ccc(NC[C@H]5CC[C@](C)(O)CC5)c([N+](=O)[O-])c4)c(N4c5cc6cc[nH]c6nc5O[C@H]5COCC[C@@H]54)c3)CC2)C1. The molecule has 17 nitrogen and oxygen atoms in total. The highest BCUT2D eigenvalue weighted by Gasteiger charge is 2.52. The van der Waals surface area contributed by atoms with Gasteiger partial charge < -0.3 is 39.8 Å². The number of nitro benzene ring substituents is 1. The summed E-state index contributed by atoms with van der Waals surface area (Å²) in [6, 6.07) is 22.2. The molecule has 394 valence electrons. The molecule has 5 N–H and O–H groups in total. The molecule has 2 aromatic heterocycles. The van der Waals surface area contributed by atoms with E-state index in [1.165, 1.54) is 23.3 Å². The zero-order valence-electron chi connectivity index (χ0n) is 42.9. The standard InChI is InChI=1S/C56H70N8O9S/c1-35(2)41-7-5-6-8-42(41)45-15-20-55(4,67)34-62(45)39-30-56(31-39)21-24-61(25-22-56)38-9-11-43(47(28-38)63-46-17-26-72-33-50(46)73-53-49(63)27-37-16-23-57-51(37)59-53)52(65)60-74(70,71)40-10-12-44(48(29-40)64(68)69)58-32-36-13-18-54(3,66)19-14-36/h5-12,16,23,27-29,35-36,39,45-46,50,58,66-67H,13-15,17-22,24-26,30-34H2,1-4H3,(H,57,59)(H,60,65)/t36-,45-,46-,50-,54-,55-/m0/s1. The number of ether oxygens (including phenoxy) is 2. The van der Waals surface area contributed by atoms with E-state index in [4.69, 9.17) is 14.5 Å². The number of carbonyl (C=O) groups is 1. The average molecular weight is 1030 g/mol. The molecule has 2 saturated carbocycles. The first-order valence-corrected chi connectivity index (χ1v) is 28.1. The maximum atomic E-state index is 14.7. The van der Waals surface area contributed by atoms with Gasteiger partial charge in [-0.15, -0.1) is 0 Å². The number of benzene rings is 3. The van der Waals surface area contributed by atoms with Crippen LogP contribution in [0.25, 0.3) is 11.0 Å². The third-order valence-electron chi connectivity index (χ3n) is 17.4. The Morgan fingerprint density at radius 2 is 1.69 bits per heavy atom. The van der Waals surface area contributed by atoms with Crippen molar-refractivity contribution >= 4 is 55.4 Å². The van der Waals surface area contributed by atoms with Crippen LogP contribution in [0.5, 0.6) is 5.88 Å². The Hall–Kier alpha value is -5.79. The third kappa shape index (κ3) is 9.83. The minimum atomic E-state index is -4.63. The number of nitrogens with zero attached hydrogens (tertiary/aromatic N) is 5. The van der Waals surface area contributed by atoms with Crippen molar-refractivity contribution in [3.8, 4) is 5.88 Å². The van der Waals surface area contributed by atoms with E-state index in [2.05, 4.69) is 67.8 Å². The van der Waals surface area contributed by atoms with Crippen LogP contribution in [0.2, 0.25) is 0 Å². The number of H-pyrrole nitrogens is 1. The van der Waals surface area contributed by atoms with E-state index in [1.807, 2.05) is 38.1 Å². The van der Waals surface area contributed by atoms with Gasteiger partial charge in [-0.1, -0.05) is 38.1 Å². The number of sulfonamides is 1. The first-order valence-electron chi connectivity index (χ1n) is 26.6. The molecule has 1 amide bonds. The third-order valence-corrected chi connectivity index (χ3v) is 18.7. The number of likely N-dealkylation sites (tertiary alicyclic amines) is 1. The second kappa shape index (κ2) is 19.4. The highest BCUT2D eigenvalue weighted by Crippen LogP contribution is 2.55. The van der Waals surface area contributed by atoms with Crippen molar-refractivity contribution in [1.29, 1.82) is 0 Å². The second-order valence-electron chi connectivity index (χ2n) is 23.1. The molecule has 5 aromatic rings. The number of piperidine rings is 2. The molecule has 2 aliphatic carbocycles. The fourth-order valence-corrected chi connectivity index (χ4v) is 14.1. The number of pyridine rings is 1. The smallest absolute Gasteiger partial charge is 0.293 e. The van der Waals surface area contributed by atoms with E-state index >= 15 is 0 Å². The Morgan fingerprint density at radius 1 is 0.932 bits per heavy atom. The molecule has 5 fully saturated rings. The fraction of sp³-hybridized carbons (Fsp3) is 0.536. The predicted molar refractivity (Wildman–Crippen MR) is 284 cm³/mol. The Balaban J connectivity index is 0.868. The minimum absolute atomic E-state index is 0.102. The Kier molecular flexibility index (Phi) is 13.2. The topological polar surface area (TPSA) is 216 Å². The van der Waals surface area contributed by atoms with Gasteiger partial charge in [0.25, 0.3) is 21.6 Å². The molecule has 4 atom stereocenters. The van der Waals surface area contributed by atoms with Crippen molar-refractivity contribution in [2.75, 3.05) is 54.5 Å². The molecular formula is C56H70N8O9S. The Labute approximate surface area is 433 Å². The van der Waals surface area contributed by atoms with E-state index in [0.717, 1.165) is 81.6 Å². The van der Waals surface area contributed by atoms with Crippen LogP contribution >= 0.6 is 0 Å². The number of hydrogen-bond acceptors (Lipinski definition) is 14. The summed E-state index contributed by atoms with van der Waals surface area (Å²) in [4.78, 5) is 41.1. The second-order valence-corrected chi connectivity index (χ2v) is 24.8. The monoisotopic (exact) mass is 1030 g/mol. The van der Waals surface area contributed by atoms with E-state index < -0.39 is 48.7 Å². The lowest BCUT2D eigenvalue weighted by atomic mass is 9.59. The van der Waals surface area contributed by atoms with Gasteiger partial charge in [-0.05, 0) is 155 Å². The van der Waals surface area contributed by atoms with Crippen molar-refractivity contribution in [2.45, 2.75) is 145 Å². The van der Waals surface area contributed by atoms with E-state index in [1.54, 1.807) is 12.3 Å². The summed E-state index contributed by atoms with van der Waals surface area (Å²) in [5, 5.41) is 38.2.